The maximum atomic E-state index is 4.53. The predicted molar refractivity (Wildman–Crippen MR) is 77.2 cm³/mol. The third kappa shape index (κ3) is 2.56. The van der Waals surface area contributed by atoms with Crippen molar-refractivity contribution in [1.82, 2.24) is 14.9 Å². The zero-order valence-corrected chi connectivity index (χ0v) is 11.5. The SMILES string of the molecule is CCCn1ccnc1Cc1cccc2c1CCNC2. The highest BCUT2D eigenvalue weighted by Crippen LogP contribution is 2.21. The average molecular weight is 255 g/mol. The van der Waals surface area contributed by atoms with Crippen LogP contribution in [0.2, 0.25) is 0 Å². The number of hydrogen-bond donors (Lipinski definition) is 1. The van der Waals surface area contributed by atoms with Crippen LogP contribution in [0.4, 0.5) is 0 Å². The summed E-state index contributed by atoms with van der Waals surface area (Å²) in [6.07, 6.45) is 7.26. The van der Waals surface area contributed by atoms with Crippen LogP contribution in [-0.4, -0.2) is 16.1 Å². The number of rotatable bonds is 4. The second-order valence-electron chi connectivity index (χ2n) is 5.20. The highest BCUT2D eigenvalue weighted by Gasteiger charge is 2.14. The summed E-state index contributed by atoms with van der Waals surface area (Å²) in [5.41, 5.74) is 4.44. The monoisotopic (exact) mass is 255 g/mol. The number of nitrogens with one attached hydrogen (secondary N) is 1. The molecule has 3 rings (SSSR count). The summed E-state index contributed by atoms with van der Waals surface area (Å²) in [4.78, 5) is 4.53. The molecule has 0 bridgehead atoms. The molecule has 19 heavy (non-hydrogen) atoms. The van der Waals surface area contributed by atoms with Crippen molar-refractivity contribution >= 4 is 0 Å². The van der Waals surface area contributed by atoms with Gasteiger partial charge >= 0.3 is 0 Å². The molecule has 3 nitrogen and oxygen atoms in total. The fraction of sp³-hybridized carbons (Fsp3) is 0.438. The molecule has 0 fully saturated rings. The molecule has 2 heterocycles. The van der Waals surface area contributed by atoms with Gasteiger partial charge in [0.05, 0.1) is 0 Å². The highest BCUT2D eigenvalue weighted by molar-refractivity contribution is 5.38. The highest BCUT2D eigenvalue weighted by atomic mass is 15.1. The second kappa shape index (κ2) is 5.57. The fourth-order valence-corrected chi connectivity index (χ4v) is 2.90. The van der Waals surface area contributed by atoms with Crippen molar-refractivity contribution in [3.63, 3.8) is 0 Å². The van der Waals surface area contributed by atoms with Gasteiger partial charge in [-0.2, -0.15) is 0 Å². The van der Waals surface area contributed by atoms with Crippen molar-refractivity contribution in [2.45, 2.75) is 39.3 Å². The Morgan fingerprint density at radius 1 is 1.37 bits per heavy atom. The molecule has 0 saturated heterocycles. The molecule has 0 atom stereocenters. The van der Waals surface area contributed by atoms with E-state index in [2.05, 4.69) is 46.2 Å². The molecule has 0 spiro atoms. The van der Waals surface area contributed by atoms with Gasteiger partial charge < -0.3 is 9.88 Å². The lowest BCUT2D eigenvalue weighted by atomic mass is 9.94. The Labute approximate surface area is 114 Å². The smallest absolute Gasteiger partial charge is 0.113 e. The summed E-state index contributed by atoms with van der Waals surface area (Å²) in [5.74, 6) is 1.19. The van der Waals surface area contributed by atoms with E-state index in [-0.39, 0.29) is 0 Å². The maximum absolute atomic E-state index is 4.53. The van der Waals surface area contributed by atoms with E-state index in [4.69, 9.17) is 0 Å². The van der Waals surface area contributed by atoms with Gasteiger partial charge in [-0.1, -0.05) is 25.1 Å². The normalized spacial score (nSPS) is 14.4. The Hall–Kier alpha value is -1.61. The Morgan fingerprint density at radius 2 is 2.32 bits per heavy atom. The minimum Gasteiger partial charge on any atom is -0.335 e. The lowest BCUT2D eigenvalue weighted by molar-refractivity contribution is 0.630. The zero-order chi connectivity index (χ0) is 13.1. The number of fused-ring (bicyclic) bond motifs is 1. The lowest BCUT2D eigenvalue weighted by Gasteiger charge is -2.20. The maximum Gasteiger partial charge on any atom is 0.113 e. The predicted octanol–water partition coefficient (Wildman–Crippen LogP) is 2.53. The first-order valence-corrected chi connectivity index (χ1v) is 7.19. The molecule has 1 aromatic heterocycles. The summed E-state index contributed by atoms with van der Waals surface area (Å²) in [5, 5.41) is 3.44. The van der Waals surface area contributed by atoms with Gasteiger partial charge in [0.1, 0.15) is 5.82 Å². The Bertz CT molecular complexity index is 557. The van der Waals surface area contributed by atoms with Crippen LogP contribution < -0.4 is 5.32 Å². The van der Waals surface area contributed by atoms with Crippen LogP contribution in [0, 0.1) is 0 Å². The number of hydrogen-bond acceptors (Lipinski definition) is 2. The van der Waals surface area contributed by atoms with E-state index in [0.29, 0.717) is 0 Å². The molecule has 0 saturated carbocycles. The number of benzene rings is 1. The quantitative estimate of drug-likeness (QED) is 0.910. The van der Waals surface area contributed by atoms with E-state index in [0.717, 1.165) is 38.9 Å². The molecular weight excluding hydrogens is 234 g/mol. The van der Waals surface area contributed by atoms with Crippen LogP contribution >= 0.6 is 0 Å². The van der Waals surface area contributed by atoms with Gasteiger partial charge in [-0.05, 0) is 36.1 Å². The fourth-order valence-electron chi connectivity index (χ4n) is 2.90. The molecule has 1 aliphatic heterocycles. The van der Waals surface area contributed by atoms with E-state index < -0.39 is 0 Å². The van der Waals surface area contributed by atoms with Crippen molar-refractivity contribution in [2.75, 3.05) is 6.54 Å². The van der Waals surface area contributed by atoms with Gasteiger partial charge in [0, 0.05) is 31.9 Å². The lowest BCUT2D eigenvalue weighted by Crippen LogP contribution is -2.24. The standard InChI is InChI=1S/C16H21N3/c1-2-9-19-10-8-18-16(19)11-13-4-3-5-14-12-17-7-6-15(13)14/h3-5,8,10,17H,2,6-7,9,11-12H2,1H3. The first kappa shape index (κ1) is 12.4. The number of nitrogens with zero attached hydrogens (tertiary/aromatic N) is 2. The van der Waals surface area contributed by atoms with E-state index in [1.807, 2.05) is 6.20 Å². The van der Waals surface area contributed by atoms with Gasteiger partial charge in [-0.25, -0.2) is 4.98 Å². The van der Waals surface area contributed by atoms with Crippen LogP contribution in [0.1, 0.15) is 35.9 Å². The number of imidazole rings is 1. The van der Waals surface area contributed by atoms with E-state index in [1.165, 1.54) is 22.5 Å². The van der Waals surface area contributed by atoms with Gasteiger partial charge in [0.15, 0.2) is 0 Å². The van der Waals surface area contributed by atoms with Crippen LogP contribution in [-0.2, 0) is 25.9 Å². The first-order valence-electron chi connectivity index (χ1n) is 7.19. The van der Waals surface area contributed by atoms with Crippen LogP contribution in [0.3, 0.4) is 0 Å². The minimum absolute atomic E-state index is 0.955. The molecule has 0 amide bonds. The molecule has 0 aliphatic carbocycles. The molecule has 1 aromatic carbocycles. The minimum atomic E-state index is 0.955. The van der Waals surface area contributed by atoms with Gasteiger partial charge in [0.25, 0.3) is 0 Å². The summed E-state index contributed by atoms with van der Waals surface area (Å²) in [6, 6.07) is 6.67. The molecule has 1 aliphatic rings. The van der Waals surface area contributed by atoms with E-state index in [1.54, 1.807) is 0 Å². The number of aromatic nitrogens is 2. The molecule has 2 aromatic rings. The molecule has 3 heteroatoms. The summed E-state index contributed by atoms with van der Waals surface area (Å²) >= 11 is 0. The molecular formula is C16H21N3. The zero-order valence-electron chi connectivity index (χ0n) is 11.5. The van der Waals surface area contributed by atoms with Crippen molar-refractivity contribution in [2.24, 2.45) is 0 Å². The van der Waals surface area contributed by atoms with Crippen molar-refractivity contribution < 1.29 is 0 Å². The van der Waals surface area contributed by atoms with Crippen molar-refractivity contribution in [3.8, 4) is 0 Å². The Kier molecular flexibility index (Phi) is 3.65. The van der Waals surface area contributed by atoms with Gasteiger partial charge in [0.2, 0.25) is 0 Å². The molecule has 1 N–H and O–H groups in total. The topological polar surface area (TPSA) is 29.9 Å². The van der Waals surface area contributed by atoms with Crippen molar-refractivity contribution in [1.29, 1.82) is 0 Å². The van der Waals surface area contributed by atoms with Gasteiger partial charge in [-0.3, -0.25) is 0 Å². The summed E-state index contributed by atoms with van der Waals surface area (Å²) in [6.45, 7) is 5.37. The molecule has 100 valence electrons. The first-order chi connectivity index (χ1) is 9.38. The Balaban J connectivity index is 1.88. The third-order valence-electron chi connectivity index (χ3n) is 3.85. The average Bonchev–Trinajstić information content (AvgIpc) is 2.87. The van der Waals surface area contributed by atoms with Crippen LogP contribution in [0.5, 0.6) is 0 Å². The van der Waals surface area contributed by atoms with E-state index in [9.17, 15) is 0 Å². The van der Waals surface area contributed by atoms with Crippen molar-refractivity contribution in [3.05, 3.63) is 53.1 Å². The van der Waals surface area contributed by atoms with Crippen LogP contribution in [0.25, 0.3) is 0 Å². The van der Waals surface area contributed by atoms with Crippen LogP contribution in [0.15, 0.2) is 30.6 Å². The molecule has 0 unspecified atom stereocenters. The summed E-state index contributed by atoms with van der Waals surface area (Å²) < 4.78 is 2.28. The molecule has 0 radical (unpaired) electrons. The largest absolute Gasteiger partial charge is 0.335 e. The Morgan fingerprint density at radius 3 is 3.21 bits per heavy atom. The van der Waals surface area contributed by atoms with Gasteiger partial charge in [-0.15, -0.1) is 0 Å². The van der Waals surface area contributed by atoms with E-state index >= 15 is 0 Å². The third-order valence-corrected chi connectivity index (χ3v) is 3.85. The summed E-state index contributed by atoms with van der Waals surface area (Å²) in [7, 11) is 0. The number of aryl methyl sites for hydroxylation is 1. The second-order valence-corrected chi connectivity index (χ2v) is 5.20.